The molecule has 0 aromatic carbocycles. The van der Waals surface area contributed by atoms with Gasteiger partial charge in [0.05, 0.1) is 0 Å². The molecule has 0 radical (unpaired) electrons. The molecule has 1 aromatic heterocycles. The fourth-order valence-electron chi connectivity index (χ4n) is 2.07. The van der Waals surface area contributed by atoms with E-state index in [0.29, 0.717) is 0 Å². The Morgan fingerprint density at radius 2 is 2.18 bits per heavy atom. The van der Waals surface area contributed by atoms with Gasteiger partial charge in [-0.15, -0.1) is 0 Å². The molecule has 0 atom stereocenters. The van der Waals surface area contributed by atoms with E-state index < -0.39 is 0 Å². The highest BCUT2D eigenvalue weighted by atomic mass is 32.2. The maximum Gasteiger partial charge on any atom is 0.251 e. The molecule has 0 aliphatic carbocycles. The summed E-state index contributed by atoms with van der Waals surface area (Å²) in [6.07, 6.45) is 4.02. The summed E-state index contributed by atoms with van der Waals surface area (Å²) in [6.45, 7) is 5.38. The van der Waals surface area contributed by atoms with Gasteiger partial charge in [-0.1, -0.05) is 18.2 Å². The van der Waals surface area contributed by atoms with Crippen molar-refractivity contribution in [3.63, 3.8) is 0 Å². The van der Waals surface area contributed by atoms with E-state index >= 15 is 0 Å². The van der Waals surface area contributed by atoms with Gasteiger partial charge in [-0.05, 0) is 32.9 Å². The highest BCUT2D eigenvalue weighted by Crippen LogP contribution is 2.13. The average molecular weight is 253 g/mol. The van der Waals surface area contributed by atoms with Crippen molar-refractivity contribution >= 4 is 11.8 Å². The van der Waals surface area contributed by atoms with Crippen molar-refractivity contribution in [1.82, 2.24) is 14.9 Å². The molecule has 2 rings (SSSR count). The van der Waals surface area contributed by atoms with Crippen LogP contribution in [0, 0.1) is 6.92 Å². The number of hydrogen-bond acceptors (Lipinski definition) is 4. The molecule has 0 unspecified atom stereocenters. The van der Waals surface area contributed by atoms with Crippen molar-refractivity contribution in [3.8, 4) is 0 Å². The first-order valence-electron chi connectivity index (χ1n) is 6.17. The molecule has 0 saturated carbocycles. The number of thioether (sulfide) groups is 1. The number of aromatic nitrogens is 2. The van der Waals surface area contributed by atoms with Gasteiger partial charge in [0.2, 0.25) is 0 Å². The molecule has 1 saturated heterocycles. The van der Waals surface area contributed by atoms with Crippen molar-refractivity contribution in [1.29, 1.82) is 0 Å². The molecule has 1 aliphatic heterocycles. The molecule has 1 N–H and O–H groups in total. The number of likely N-dealkylation sites (tertiary alicyclic amines) is 1. The van der Waals surface area contributed by atoms with Crippen LogP contribution in [0.25, 0.3) is 0 Å². The van der Waals surface area contributed by atoms with Crippen LogP contribution in [0.5, 0.6) is 0 Å². The van der Waals surface area contributed by atoms with Crippen LogP contribution in [0.2, 0.25) is 0 Å². The molecule has 4 nitrogen and oxygen atoms in total. The number of rotatable bonds is 4. The second kappa shape index (κ2) is 6.21. The molecule has 0 bridgehead atoms. The Balaban J connectivity index is 1.79. The second-order valence-electron chi connectivity index (χ2n) is 4.44. The molecule has 1 aliphatic rings. The van der Waals surface area contributed by atoms with Crippen LogP contribution in [-0.2, 0) is 0 Å². The monoisotopic (exact) mass is 253 g/mol. The normalized spacial score (nSPS) is 17.2. The summed E-state index contributed by atoms with van der Waals surface area (Å²) in [5, 5.41) is 0.743. The number of nitrogens with one attached hydrogen (secondary N) is 1. The first-order valence-corrected chi connectivity index (χ1v) is 7.16. The zero-order valence-electron chi connectivity index (χ0n) is 10.2. The largest absolute Gasteiger partial charge is 0.303 e. The Kier molecular flexibility index (Phi) is 4.62. The Labute approximate surface area is 106 Å². The summed E-state index contributed by atoms with van der Waals surface area (Å²) in [7, 11) is 0. The fourth-order valence-corrected chi connectivity index (χ4v) is 3.00. The van der Waals surface area contributed by atoms with E-state index in [9.17, 15) is 4.79 Å². The van der Waals surface area contributed by atoms with E-state index in [1.54, 1.807) is 11.8 Å². The van der Waals surface area contributed by atoms with Gasteiger partial charge in [-0.25, -0.2) is 4.98 Å². The van der Waals surface area contributed by atoms with Gasteiger partial charge in [0.1, 0.15) is 0 Å². The van der Waals surface area contributed by atoms with Crippen LogP contribution in [-0.4, -0.2) is 40.3 Å². The average Bonchev–Trinajstić information content (AvgIpc) is 2.29. The lowest BCUT2D eigenvalue weighted by molar-refractivity contribution is 0.242. The molecule has 94 valence electrons. The van der Waals surface area contributed by atoms with Crippen molar-refractivity contribution in [2.24, 2.45) is 0 Å². The minimum Gasteiger partial charge on any atom is -0.303 e. The van der Waals surface area contributed by atoms with Crippen LogP contribution in [0.3, 0.4) is 0 Å². The molecular formula is C12H19N3OS. The summed E-state index contributed by atoms with van der Waals surface area (Å²) >= 11 is 1.63. The number of aryl methyl sites for hydroxylation is 1. The van der Waals surface area contributed by atoms with Crippen LogP contribution in [0.15, 0.2) is 16.0 Å². The third kappa shape index (κ3) is 4.16. The van der Waals surface area contributed by atoms with Gasteiger partial charge in [0.15, 0.2) is 5.16 Å². The molecule has 1 aromatic rings. The van der Waals surface area contributed by atoms with Crippen LogP contribution in [0.4, 0.5) is 0 Å². The SMILES string of the molecule is Cc1cc(=O)[nH]c(SCCN2CCCCC2)n1. The zero-order chi connectivity index (χ0) is 12.1. The Morgan fingerprint density at radius 1 is 1.41 bits per heavy atom. The number of H-pyrrole nitrogens is 1. The quantitative estimate of drug-likeness (QED) is 0.655. The van der Waals surface area contributed by atoms with E-state index in [0.717, 1.165) is 23.1 Å². The van der Waals surface area contributed by atoms with E-state index in [2.05, 4.69) is 14.9 Å². The summed E-state index contributed by atoms with van der Waals surface area (Å²) in [6, 6.07) is 1.52. The minimum absolute atomic E-state index is 0.0574. The van der Waals surface area contributed by atoms with Crippen LogP contribution in [0.1, 0.15) is 25.0 Å². The van der Waals surface area contributed by atoms with Gasteiger partial charge in [-0.2, -0.15) is 0 Å². The van der Waals surface area contributed by atoms with Crippen molar-refractivity contribution in [3.05, 3.63) is 22.1 Å². The molecule has 0 amide bonds. The minimum atomic E-state index is -0.0574. The fraction of sp³-hybridized carbons (Fsp3) is 0.667. The van der Waals surface area contributed by atoms with Crippen LogP contribution >= 0.6 is 11.8 Å². The highest BCUT2D eigenvalue weighted by molar-refractivity contribution is 7.99. The van der Waals surface area contributed by atoms with Gasteiger partial charge in [0, 0.05) is 24.1 Å². The van der Waals surface area contributed by atoms with Gasteiger partial charge >= 0.3 is 0 Å². The lowest BCUT2D eigenvalue weighted by Gasteiger charge is -2.25. The third-order valence-electron chi connectivity index (χ3n) is 2.94. The second-order valence-corrected chi connectivity index (χ2v) is 5.53. The molecular weight excluding hydrogens is 234 g/mol. The standard InChI is InChI=1S/C12H19N3OS/c1-10-9-11(16)14-12(13-10)17-8-7-15-5-3-2-4-6-15/h9H,2-8H2,1H3,(H,13,14,16). The predicted octanol–water partition coefficient (Wildman–Crippen LogP) is 1.66. The van der Waals surface area contributed by atoms with Gasteiger partial charge < -0.3 is 9.88 Å². The first kappa shape index (κ1) is 12.6. The predicted molar refractivity (Wildman–Crippen MR) is 70.6 cm³/mol. The van der Waals surface area contributed by atoms with Gasteiger partial charge in [-0.3, -0.25) is 4.79 Å². The molecule has 0 spiro atoms. The lowest BCUT2D eigenvalue weighted by atomic mass is 10.1. The van der Waals surface area contributed by atoms with Crippen molar-refractivity contribution in [2.45, 2.75) is 31.3 Å². The molecule has 5 heteroatoms. The Bertz CT molecular complexity index is 412. The number of nitrogens with zero attached hydrogens (tertiary/aromatic N) is 2. The number of hydrogen-bond donors (Lipinski definition) is 1. The summed E-state index contributed by atoms with van der Waals surface area (Å²) in [5.74, 6) is 0.992. The van der Waals surface area contributed by atoms with Gasteiger partial charge in [0.25, 0.3) is 5.56 Å². The topological polar surface area (TPSA) is 49.0 Å². The summed E-state index contributed by atoms with van der Waals surface area (Å²) < 4.78 is 0. The Morgan fingerprint density at radius 3 is 2.88 bits per heavy atom. The van der Waals surface area contributed by atoms with Crippen molar-refractivity contribution in [2.75, 3.05) is 25.4 Å². The molecule has 17 heavy (non-hydrogen) atoms. The van der Waals surface area contributed by atoms with E-state index in [1.165, 1.54) is 38.4 Å². The smallest absolute Gasteiger partial charge is 0.251 e. The molecule has 1 fully saturated rings. The zero-order valence-corrected chi connectivity index (χ0v) is 11.1. The van der Waals surface area contributed by atoms with E-state index in [4.69, 9.17) is 0 Å². The van der Waals surface area contributed by atoms with E-state index in [-0.39, 0.29) is 5.56 Å². The highest BCUT2D eigenvalue weighted by Gasteiger charge is 2.09. The van der Waals surface area contributed by atoms with Crippen LogP contribution < -0.4 is 5.56 Å². The molecule has 2 heterocycles. The Hall–Kier alpha value is -0.810. The maximum atomic E-state index is 11.3. The first-order chi connectivity index (χ1) is 8.24. The summed E-state index contributed by atoms with van der Waals surface area (Å²) in [4.78, 5) is 20.8. The number of aromatic amines is 1. The lowest BCUT2D eigenvalue weighted by Crippen LogP contribution is -2.31. The van der Waals surface area contributed by atoms with E-state index in [1.807, 2.05) is 6.92 Å². The van der Waals surface area contributed by atoms with Crippen molar-refractivity contribution < 1.29 is 0 Å². The maximum absolute atomic E-state index is 11.3. The number of piperidine rings is 1. The summed E-state index contributed by atoms with van der Waals surface area (Å²) in [5.41, 5.74) is 0.729. The third-order valence-corrected chi connectivity index (χ3v) is 3.80.